The molecule has 4 aliphatic rings. The van der Waals surface area contributed by atoms with Crippen LogP contribution in [0.15, 0.2) is 291 Å². The fourth-order valence-corrected chi connectivity index (χ4v) is 21.4. The molecule has 0 saturated carbocycles. The van der Waals surface area contributed by atoms with Crippen LogP contribution in [0.4, 0.5) is 0 Å². The van der Waals surface area contributed by atoms with E-state index in [1.54, 1.807) is 73.8 Å². The monoisotopic (exact) mass is 1770 g/mol. The Hall–Kier alpha value is -11.1. The van der Waals surface area contributed by atoms with Gasteiger partial charge >= 0.3 is 17.9 Å². The van der Waals surface area contributed by atoms with Gasteiger partial charge in [0.2, 0.25) is 0 Å². The van der Waals surface area contributed by atoms with Gasteiger partial charge in [-0.3, -0.25) is 24.1 Å². The van der Waals surface area contributed by atoms with Crippen LogP contribution in [0.1, 0.15) is 131 Å². The van der Waals surface area contributed by atoms with Gasteiger partial charge in [0.1, 0.15) is 72.5 Å². The van der Waals surface area contributed by atoms with Crippen LogP contribution in [0.2, 0.25) is 5.04 Å². The first kappa shape index (κ1) is 94.0. The highest BCUT2D eigenvalue weighted by Crippen LogP contribution is 2.44. The number of carbonyl (C=O) groups is 6. The van der Waals surface area contributed by atoms with Crippen LogP contribution >= 0.6 is 0 Å². The van der Waals surface area contributed by atoms with Crippen LogP contribution in [0.25, 0.3) is 0 Å². The number of unbranched alkanes of at least 4 members (excludes halogenated alkanes) is 2. The molecular weight excluding hydrogens is 1660 g/mol. The molecule has 25 heteroatoms. The number of Topliss-reactive ketones (excluding diaryl/α,β-unsaturated/α-hetero) is 1. The Labute approximate surface area is 754 Å². The van der Waals surface area contributed by atoms with Gasteiger partial charge in [-0.15, -0.1) is 0 Å². The maximum atomic E-state index is 16.1. The largest absolute Gasteiger partial charge is 0.497 e. The zero-order chi connectivity index (χ0) is 89.9. The maximum Gasteiger partial charge on any atom is 0.338 e. The third kappa shape index (κ3) is 24.5. The molecule has 15 atom stereocenters. The van der Waals surface area contributed by atoms with Gasteiger partial charge in [-0.25, -0.2) is 4.79 Å². The molecule has 10 aromatic rings. The van der Waals surface area contributed by atoms with Gasteiger partial charge in [0.15, 0.2) is 31.1 Å². The lowest BCUT2D eigenvalue weighted by atomic mass is 9.93. The van der Waals surface area contributed by atoms with E-state index in [0.717, 1.165) is 43.1 Å². The highest BCUT2D eigenvalue weighted by atomic mass is 28.4. The van der Waals surface area contributed by atoms with E-state index < -0.39 is 142 Å². The fraction of sp³-hybridized carbons (Fsp3) is 0.365. The number of fused-ring (bicyclic) bond motifs is 1. The molecule has 4 heterocycles. The van der Waals surface area contributed by atoms with Crippen molar-refractivity contribution in [1.82, 2.24) is 4.90 Å². The average molecular weight is 1770 g/mol. The van der Waals surface area contributed by atoms with E-state index in [4.69, 9.17) is 80.2 Å². The van der Waals surface area contributed by atoms with Crippen molar-refractivity contribution in [1.29, 1.82) is 0 Å². The van der Waals surface area contributed by atoms with E-state index in [-0.39, 0.29) is 101 Å². The number of carbonyl (C=O) groups excluding carboxylic acids is 6. The lowest BCUT2D eigenvalue weighted by Crippen LogP contribution is -2.71. The van der Waals surface area contributed by atoms with Crippen LogP contribution in [-0.4, -0.2) is 181 Å². The summed E-state index contributed by atoms with van der Waals surface area (Å²) in [5.74, 6) is -3.26. The summed E-state index contributed by atoms with van der Waals surface area (Å²) in [6, 6.07) is 88.2. The number of ketones is 1. The molecule has 14 rings (SSSR count). The van der Waals surface area contributed by atoms with Crippen LogP contribution < -0.4 is 15.1 Å². The van der Waals surface area contributed by atoms with Gasteiger partial charge in [-0.2, -0.15) is 0 Å². The molecule has 0 aliphatic carbocycles. The predicted molar refractivity (Wildman–Crippen MR) is 481 cm³/mol. The van der Waals surface area contributed by atoms with Crippen molar-refractivity contribution in [2.45, 2.75) is 203 Å². The van der Waals surface area contributed by atoms with Gasteiger partial charge in [0, 0.05) is 19.4 Å². The molecule has 0 spiro atoms. The van der Waals surface area contributed by atoms with Gasteiger partial charge in [0.05, 0.1) is 96.8 Å². The summed E-state index contributed by atoms with van der Waals surface area (Å²) in [7, 11) is -0.829. The van der Waals surface area contributed by atoms with Gasteiger partial charge in [-0.05, 0) is 105 Å². The van der Waals surface area contributed by atoms with E-state index >= 15 is 19.2 Å². The number of esters is 3. The molecule has 2 amide bonds. The topological polar surface area (TPSA) is 263 Å². The number of benzene rings is 10. The minimum Gasteiger partial charge on any atom is -0.497 e. The molecule has 0 radical (unpaired) electrons. The lowest BCUT2D eigenvalue weighted by Gasteiger charge is -2.52. The van der Waals surface area contributed by atoms with Crippen molar-refractivity contribution in [3.05, 3.63) is 341 Å². The SMILES string of the molecule is COC(=O)CCCCCO[C@@H]1O[C@H](COCc2ccc(OC)cc2)[C@@H](O[C@@H]2O[C@H](CO[Si](c3ccccc3)(c3ccccc3)C(C)(C)C)[C@H](OC(=O)CCC(C)=O)[C@H](O[C@H]3O[C@H](COCc4ccccc4)[C@H](OCc4ccccc4)[C@H](OCc4ccccc4)[C@H]3OCc3ccccc3)[C@H]2OC(=O)c2ccccc2)[C@H](OCc2ccccc2)[C@H]1N1C(=O)c2ccccc2C1=O. The number of amides is 2. The Balaban J connectivity index is 0.988. The minimum absolute atomic E-state index is 0.00739. The van der Waals surface area contributed by atoms with Crippen molar-refractivity contribution < 1.29 is 109 Å². The van der Waals surface area contributed by atoms with Crippen LogP contribution in [-0.2, 0) is 130 Å². The van der Waals surface area contributed by atoms with E-state index in [1.165, 1.54) is 14.0 Å². The summed E-state index contributed by atoms with van der Waals surface area (Å²) in [5.41, 5.74) is 4.94. The fourth-order valence-electron chi connectivity index (χ4n) is 16.8. The smallest absolute Gasteiger partial charge is 0.338 e. The van der Waals surface area contributed by atoms with Crippen LogP contribution in [0, 0.1) is 0 Å². The summed E-state index contributed by atoms with van der Waals surface area (Å²) in [5, 5.41) is 1.04. The Bertz CT molecular complexity index is 5090. The van der Waals surface area contributed by atoms with E-state index in [0.29, 0.717) is 30.6 Å². The molecule has 4 aliphatic heterocycles. The Morgan fingerprint density at radius 2 is 0.791 bits per heavy atom. The number of hydrogen-bond acceptors (Lipinski definition) is 23. The molecule has 0 aromatic heterocycles. The second-order valence-corrected chi connectivity index (χ2v) is 37.7. The Morgan fingerprint density at radius 1 is 0.372 bits per heavy atom. The van der Waals surface area contributed by atoms with Gasteiger partial charge in [-0.1, -0.05) is 282 Å². The van der Waals surface area contributed by atoms with Gasteiger partial charge in [0.25, 0.3) is 20.1 Å². The molecule has 676 valence electrons. The lowest BCUT2D eigenvalue weighted by molar-refractivity contribution is -0.384. The third-order valence-corrected chi connectivity index (χ3v) is 28.4. The molecule has 3 fully saturated rings. The second-order valence-electron chi connectivity index (χ2n) is 33.4. The number of rotatable bonds is 44. The highest BCUT2D eigenvalue weighted by Gasteiger charge is 2.62. The van der Waals surface area contributed by atoms with E-state index in [1.807, 2.05) is 224 Å². The summed E-state index contributed by atoms with van der Waals surface area (Å²) in [4.78, 5) is 89.9. The molecule has 129 heavy (non-hydrogen) atoms. The first-order chi connectivity index (χ1) is 62.9. The zero-order valence-corrected chi connectivity index (χ0v) is 74.5. The number of ether oxygens (including phenoxy) is 16. The first-order valence-corrected chi connectivity index (χ1v) is 45.9. The maximum absolute atomic E-state index is 16.1. The predicted octanol–water partition coefficient (Wildman–Crippen LogP) is 15.2. The number of nitrogens with zero attached hydrogens (tertiary/aromatic N) is 1. The normalized spacial score (nSPS) is 22.8. The van der Waals surface area contributed by atoms with E-state index in [9.17, 15) is 9.59 Å². The molecular formula is C104H113NO23Si. The molecule has 0 bridgehead atoms. The van der Waals surface area contributed by atoms with Crippen LogP contribution in [0.3, 0.4) is 0 Å². The molecule has 0 unspecified atom stereocenters. The number of methoxy groups -OCH3 is 2. The molecule has 24 nitrogen and oxygen atoms in total. The first-order valence-electron chi connectivity index (χ1n) is 44.0. The van der Waals surface area contributed by atoms with Crippen molar-refractivity contribution in [3.8, 4) is 5.75 Å². The minimum atomic E-state index is -3.74. The summed E-state index contributed by atoms with van der Waals surface area (Å²) in [6.45, 7) is 6.79. The molecule has 0 N–H and O–H groups in total. The van der Waals surface area contributed by atoms with Crippen molar-refractivity contribution in [2.75, 3.05) is 40.6 Å². The highest BCUT2D eigenvalue weighted by molar-refractivity contribution is 6.99. The number of imide groups is 1. The number of hydrogen-bond donors (Lipinski definition) is 0. The van der Waals surface area contributed by atoms with Crippen molar-refractivity contribution >= 4 is 54.2 Å². The quantitative estimate of drug-likeness (QED) is 0.0113. The van der Waals surface area contributed by atoms with Crippen molar-refractivity contribution in [2.24, 2.45) is 0 Å². The molecule has 10 aromatic carbocycles. The van der Waals surface area contributed by atoms with Crippen molar-refractivity contribution in [3.63, 3.8) is 0 Å². The Morgan fingerprint density at radius 3 is 1.28 bits per heavy atom. The Kier molecular flexibility index (Phi) is 33.9. The van der Waals surface area contributed by atoms with Crippen LogP contribution in [0.5, 0.6) is 5.75 Å². The standard InChI is InChI=1S/C104H113NO23Si/c1-71(106)55-60-88(108)125-92-86(70-121-129(104(2,3)4,80-48-28-13-29-49-80)81-50-30-14-31-51-81)124-103(127-91-85(69-115-63-77-56-58-79(112-5)59-57-77)122-101(116-61-35-15-32-54-87(107)113-6)89(93(91)118-65-74-40-20-9-21-41-74)105-98(109)82-52-33-34-53-83(82)99(105)110)97(126-100(111)78-46-26-12-27-47-78)95(92)128-102-96(120-67-76-44-24-11-25-45-76)94(119-66-75-42-22-10-23-43-75)90(117-64-73-38-18-8-19-39-73)84(123-102)68-114-62-72-36-16-7-17-37-72/h7-14,16-31,33-34,36-53,56-59,84-86,89-97,101-103H,15,32,35,54-55,60-70H2,1-6H3/t84-,85-,86-,89-,90+,91-,92+,93-,94+,95+,96-,97-,101-,102-,103+/m1/s1. The third-order valence-electron chi connectivity index (χ3n) is 23.4. The summed E-state index contributed by atoms with van der Waals surface area (Å²) >= 11 is 0. The van der Waals surface area contributed by atoms with E-state index in [2.05, 4.69) is 20.8 Å². The molecule has 3 saturated heterocycles. The second kappa shape index (κ2) is 46.4. The van der Waals surface area contributed by atoms with Gasteiger partial charge < -0.3 is 85.0 Å². The average Bonchev–Trinajstić information content (AvgIpc) is 1.48. The zero-order valence-electron chi connectivity index (χ0n) is 73.5. The summed E-state index contributed by atoms with van der Waals surface area (Å²) < 4.78 is 121. The summed E-state index contributed by atoms with van der Waals surface area (Å²) in [6.07, 6.45) is -20.5.